The van der Waals surface area contributed by atoms with Gasteiger partial charge >= 0.3 is 30.3 Å². The van der Waals surface area contributed by atoms with Crippen LogP contribution in [0.3, 0.4) is 0 Å². The largest absolute Gasteiger partial charge is 0.508 e. The van der Waals surface area contributed by atoms with Crippen molar-refractivity contribution in [2.24, 2.45) is 0 Å². The first-order valence-corrected chi connectivity index (χ1v) is 45.2. The van der Waals surface area contributed by atoms with Crippen LogP contribution >= 0.6 is 11.6 Å². The van der Waals surface area contributed by atoms with E-state index in [1.807, 2.05) is 154 Å². The maximum atomic E-state index is 13.3. The summed E-state index contributed by atoms with van der Waals surface area (Å²) in [7, 11) is 0. The predicted octanol–water partition coefficient (Wildman–Crippen LogP) is 23.0. The highest BCUT2D eigenvalue weighted by Crippen LogP contribution is 2.33. The summed E-state index contributed by atoms with van der Waals surface area (Å²) in [5.41, 5.74) is 7.96. The number of aromatic hydroxyl groups is 1. The molecule has 4 aliphatic heterocycles. The maximum absolute atomic E-state index is 13.3. The molecule has 123 heavy (non-hydrogen) atoms. The Bertz CT molecular complexity index is 4500. The van der Waals surface area contributed by atoms with Gasteiger partial charge in [0.05, 0.1) is 34.6 Å². The zero-order valence-corrected chi connectivity index (χ0v) is 75.0. The Morgan fingerprint density at radius 3 is 1.07 bits per heavy atom. The summed E-state index contributed by atoms with van der Waals surface area (Å²) in [5, 5.41) is 31.0. The standard InChI is InChI=1S/C26H34N4O.C25H34ClN3O.C25H33F3N4O.C24H33N3O2/c1-3-7-21(2)29-18-15-25(16-19-29)30(20-23-8-5-4-6-9-23)26(31)28-24-12-10-22(11-13-24)14-17-27;1-4-8-20(3)28-15-13-22(14-16-28)29(18-21-9-6-5-7-10-21)25(30)27-24-12-11-19(2)17-23(24)26;1-4-8-18(2)31-15-13-21(14-16-31)32(17-20-9-6-5-7-10-20)24(33)30-22-11-12-23(25(26,27)28)29-19(22)3;1-3-8-19(2)26-15-13-22(14-16-26)27(18-20-9-5-4-6-10-20)24(29)25-21-11-7-12-23(28)17-21/h4-6,8-13,21,25H,3,7,14-16,18-20H2,1-2H3,(H,28,31);5-7,9-12,17,20,22H,4,8,13-16,18H2,1-3H3,(H,27,30);5-7,9-12,18,21H,4,8,13-17H2,1-3H3,(H,30,33);4-7,9-12,17,19,22,28H,3,8,13-16,18H2,1-2H3,(H,25,29). The van der Waals surface area contributed by atoms with Crippen molar-refractivity contribution in [1.29, 1.82) is 5.26 Å². The number of halogens is 4. The molecule has 7 aromatic carbocycles. The number of likely N-dealkylation sites (tertiary alicyclic amines) is 4. The van der Waals surface area contributed by atoms with E-state index in [0.717, 1.165) is 162 Å². The summed E-state index contributed by atoms with van der Waals surface area (Å²) in [4.78, 5) is 74.6. The molecule has 4 fully saturated rings. The molecule has 8 amide bonds. The lowest BCUT2D eigenvalue weighted by Crippen LogP contribution is -2.50. The highest BCUT2D eigenvalue weighted by molar-refractivity contribution is 6.33. The predicted molar refractivity (Wildman–Crippen MR) is 494 cm³/mol. The summed E-state index contributed by atoms with van der Waals surface area (Å²) in [6.45, 7) is 31.8. The highest BCUT2D eigenvalue weighted by Gasteiger charge is 2.37. The molecule has 23 heteroatoms. The number of piperidine rings is 4. The van der Waals surface area contributed by atoms with E-state index in [4.69, 9.17) is 16.9 Å². The molecule has 662 valence electrons. The SMILES string of the molecule is CCCC(C)N1CCC(N(Cc2ccccc2)C(=O)Nc2ccc(C(F)(F)F)nc2C)CC1.CCCC(C)N1CCC(N(Cc2ccccc2)C(=O)Nc2ccc(C)cc2Cl)CC1.CCCC(C)N1CCC(N(Cc2ccccc2)C(=O)Nc2ccc(CC#N)cc2)CC1.CCCC(C)N1CCC(N(Cc2ccccc2)C(=O)Nc2cccc(O)c2)CC1. The Kier molecular flexibility index (Phi) is 39.4. The third-order valence-electron chi connectivity index (χ3n) is 24.5. The van der Waals surface area contributed by atoms with Crippen molar-refractivity contribution in [2.45, 2.75) is 259 Å². The van der Waals surface area contributed by atoms with Crippen LogP contribution in [0.2, 0.25) is 5.02 Å². The normalized spacial score (nSPS) is 16.2. The number of rotatable bonds is 29. The number of amides is 8. The Hall–Kier alpha value is -10.0. The third-order valence-corrected chi connectivity index (χ3v) is 24.8. The minimum atomic E-state index is -4.52. The van der Waals surface area contributed by atoms with Gasteiger partial charge in [-0.1, -0.05) is 211 Å². The number of carbonyl (C=O) groups is 4. The maximum Gasteiger partial charge on any atom is 0.433 e. The number of pyridine rings is 1. The molecule has 19 nitrogen and oxygen atoms in total. The molecule has 0 radical (unpaired) electrons. The molecule has 4 aliphatic rings. The van der Waals surface area contributed by atoms with Crippen LogP contribution in [-0.2, 0) is 38.8 Å². The quantitative estimate of drug-likeness (QED) is 0.0299. The molecule has 0 saturated carbocycles. The summed E-state index contributed by atoms with van der Waals surface area (Å²) in [6.07, 6.45) is 13.1. The first-order chi connectivity index (χ1) is 59.3. The number of hydrogen-bond donors (Lipinski definition) is 5. The minimum Gasteiger partial charge on any atom is -0.508 e. The van der Waals surface area contributed by atoms with Crippen LogP contribution < -0.4 is 21.3 Å². The summed E-state index contributed by atoms with van der Waals surface area (Å²) < 4.78 is 38.9. The van der Waals surface area contributed by atoms with Crippen molar-refractivity contribution in [1.82, 2.24) is 44.2 Å². The lowest BCUT2D eigenvalue weighted by atomic mass is 10.00. The lowest BCUT2D eigenvalue weighted by molar-refractivity contribution is -0.141. The monoisotopic (exact) mass is 1700 g/mol. The number of anilines is 4. The first-order valence-electron chi connectivity index (χ1n) is 44.8. The Morgan fingerprint density at radius 2 is 0.756 bits per heavy atom. The van der Waals surface area contributed by atoms with Crippen molar-refractivity contribution < 1.29 is 37.5 Å². The van der Waals surface area contributed by atoms with Crippen molar-refractivity contribution in [3.05, 3.63) is 250 Å². The Labute approximate surface area is 735 Å². The van der Waals surface area contributed by atoms with Crippen LogP contribution in [0.25, 0.3) is 0 Å². The summed E-state index contributed by atoms with van der Waals surface area (Å²) in [5.74, 6) is 0.149. The molecule has 4 unspecified atom stereocenters. The van der Waals surface area contributed by atoms with Crippen molar-refractivity contribution in [3.8, 4) is 11.8 Å². The van der Waals surface area contributed by atoms with Gasteiger partial charge in [0.2, 0.25) is 0 Å². The number of hydrogen-bond acceptors (Lipinski definition) is 11. The molecular weight excluding hydrogens is 1570 g/mol. The van der Waals surface area contributed by atoms with Gasteiger partial charge in [0, 0.05) is 144 Å². The second kappa shape index (κ2) is 50.1. The van der Waals surface area contributed by atoms with Gasteiger partial charge in [0.15, 0.2) is 0 Å². The summed E-state index contributed by atoms with van der Waals surface area (Å²) >= 11 is 6.37. The van der Waals surface area contributed by atoms with Crippen LogP contribution in [0.15, 0.2) is 200 Å². The van der Waals surface area contributed by atoms with E-state index in [1.54, 1.807) is 24.3 Å². The molecule has 1 aromatic heterocycles. The van der Waals surface area contributed by atoms with E-state index in [-0.39, 0.29) is 59.7 Å². The topological polar surface area (TPSA) is 199 Å². The van der Waals surface area contributed by atoms with E-state index < -0.39 is 11.9 Å². The molecule has 4 saturated heterocycles. The third kappa shape index (κ3) is 31.0. The molecular formula is C100H134ClF3N14O5. The smallest absolute Gasteiger partial charge is 0.433 e. The Balaban J connectivity index is 0.000000186. The number of benzene rings is 7. The number of nitriles is 1. The molecule has 8 aromatic rings. The fraction of sp³-hybridized carbons (Fsp3) is 0.480. The molecule has 0 bridgehead atoms. The van der Waals surface area contributed by atoms with Gasteiger partial charge in [-0.15, -0.1) is 0 Å². The van der Waals surface area contributed by atoms with Crippen LogP contribution in [0.5, 0.6) is 5.75 Å². The van der Waals surface area contributed by atoms with Crippen molar-refractivity contribution in [3.63, 3.8) is 0 Å². The molecule has 0 aliphatic carbocycles. The molecule has 0 spiro atoms. The molecule has 5 N–H and O–H groups in total. The number of nitrogens with one attached hydrogen (secondary N) is 4. The first kappa shape index (κ1) is 96.8. The number of aromatic nitrogens is 1. The average Bonchev–Trinajstić information content (AvgIpc) is 0.831. The van der Waals surface area contributed by atoms with Crippen molar-refractivity contribution >= 4 is 58.5 Å². The van der Waals surface area contributed by atoms with Crippen LogP contribution in [0.4, 0.5) is 55.1 Å². The second-order valence-electron chi connectivity index (χ2n) is 33.7. The zero-order chi connectivity index (χ0) is 88.2. The van der Waals surface area contributed by atoms with Crippen LogP contribution in [0, 0.1) is 25.2 Å². The van der Waals surface area contributed by atoms with Gasteiger partial charge in [0.25, 0.3) is 0 Å². The molecule has 12 rings (SSSR count). The van der Waals surface area contributed by atoms with Gasteiger partial charge < -0.3 is 65.6 Å². The average molecular weight is 1700 g/mol. The minimum absolute atomic E-state index is 0.0537. The van der Waals surface area contributed by atoms with E-state index >= 15 is 0 Å². The zero-order valence-electron chi connectivity index (χ0n) is 74.2. The second-order valence-corrected chi connectivity index (χ2v) is 34.1. The molecule has 5 heterocycles. The summed E-state index contributed by atoms with van der Waals surface area (Å²) in [6, 6.07) is 67.1. The highest BCUT2D eigenvalue weighted by atomic mass is 35.5. The van der Waals surface area contributed by atoms with Gasteiger partial charge in [-0.25, -0.2) is 24.2 Å². The number of urea groups is 4. The van der Waals surface area contributed by atoms with E-state index in [1.165, 1.54) is 51.5 Å². The Morgan fingerprint density at radius 1 is 0.431 bits per heavy atom. The van der Waals surface area contributed by atoms with E-state index in [9.17, 15) is 37.5 Å². The fourth-order valence-electron chi connectivity index (χ4n) is 17.3. The number of nitrogens with zero attached hydrogens (tertiary/aromatic N) is 10. The van der Waals surface area contributed by atoms with Gasteiger partial charge in [0.1, 0.15) is 11.4 Å². The number of phenols is 1. The van der Waals surface area contributed by atoms with E-state index in [0.29, 0.717) is 78.9 Å². The number of aryl methyl sites for hydroxylation is 2. The number of carbonyl (C=O) groups excluding carboxylic acids is 4. The van der Waals surface area contributed by atoms with Crippen LogP contribution in [-0.4, -0.2) is 174 Å². The van der Waals surface area contributed by atoms with Gasteiger partial charge in [-0.05, 0) is 201 Å². The number of phenolic OH excluding ortho intramolecular Hbond substituents is 1. The van der Waals surface area contributed by atoms with E-state index in [2.05, 4.69) is 144 Å². The molecule has 4 atom stereocenters. The van der Waals surface area contributed by atoms with Crippen LogP contribution in [0.1, 0.15) is 203 Å². The van der Waals surface area contributed by atoms with Gasteiger partial charge in [-0.3, -0.25) is 0 Å². The van der Waals surface area contributed by atoms with Crippen molar-refractivity contribution in [2.75, 3.05) is 73.6 Å². The fourth-order valence-corrected chi connectivity index (χ4v) is 17.5. The lowest BCUT2D eigenvalue weighted by Gasteiger charge is -2.40. The van der Waals surface area contributed by atoms with Gasteiger partial charge in [-0.2, -0.15) is 18.4 Å². The number of alkyl halides is 3.